The Balaban J connectivity index is 1.74. The third-order valence-electron chi connectivity index (χ3n) is 3.94. The molecule has 1 aromatic heterocycles. The Morgan fingerprint density at radius 1 is 1.04 bits per heavy atom. The van der Waals surface area contributed by atoms with Crippen LogP contribution in [0.5, 0.6) is 0 Å². The predicted octanol–water partition coefficient (Wildman–Crippen LogP) is 3.83. The number of aryl methyl sites for hydroxylation is 1. The van der Waals surface area contributed by atoms with Gasteiger partial charge < -0.3 is 9.47 Å². The lowest BCUT2D eigenvalue weighted by Gasteiger charge is -2.09. The minimum Gasteiger partial charge on any atom is -0.465 e. The normalized spacial score (nSPS) is 10.6. The molecule has 0 fully saturated rings. The summed E-state index contributed by atoms with van der Waals surface area (Å²) in [7, 11) is 1.31. The average Bonchev–Trinajstić information content (AvgIpc) is 2.65. The molecule has 0 saturated carbocycles. The Labute approximate surface area is 149 Å². The number of aromatic nitrogens is 1. The maximum Gasteiger partial charge on any atom is 0.340 e. The fraction of sp³-hybridized carbons (Fsp3) is 0.150. The number of nitrogens with zero attached hydrogens (tertiary/aromatic N) is 1. The number of pyridine rings is 1. The van der Waals surface area contributed by atoms with E-state index < -0.39 is 11.9 Å². The molecule has 2 aromatic carbocycles. The van der Waals surface area contributed by atoms with Crippen molar-refractivity contribution in [2.45, 2.75) is 13.5 Å². The highest BCUT2D eigenvalue weighted by Gasteiger charge is 2.14. The molecule has 0 N–H and O–H groups in total. The lowest BCUT2D eigenvalue weighted by molar-refractivity contribution is 0.0470. The first-order valence-corrected chi connectivity index (χ1v) is 7.89. The van der Waals surface area contributed by atoms with Crippen LogP contribution >= 0.6 is 0 Å². The lowest BCUT2D eigenvalue weighted by Crippen LogP contribution is -2.09. The molecule has 5 nitrogen and oxygen atoms in total. The molecule has 0 aliphatic heterocycles. The van der Waals surface area contributed by atoms with Gasteiger partial charge in [0.25, 0.3) is 0 Å². The maximum atomic E-state index is 13.3. The third-order valence-corrected chi connectivity index (χ3v) is 3.94. The first-order chi connectivity index (χ1) is 12.5. The van der Waals surface area contributed by atoms with Gasteiger partial charge in [0.05, 0.1) is 29.4 Å². The summed E-state index contributed by atoms with van der Waals surface area (Å²) in [6.45, 7) is 1.73. The van der Waals surface area contributed by atoms with Gasteiger partial charge in [-0.25, -0.2) is 14.0 Å². The van der Waals surface area contributed by atoms with Gasteiger partial charge in [-0.15, -0.1) is 0 Å². The van der Waals surface area contributed by atoms with E-state index in [0.29, 0.717) is 27.7 Å². The number of hydrogen-bond donors (Lipinski definition) is 0. The van der Waals surface area contributed by atoms with E-state index in [1.54, 1.807) is 43.3 Å². The van der Waals surface area contributed by atoms with Crippen molar-refractivity contribution in [1.29, 1.82) is 0 Å². The number of carbonyl (C=O) groups is 2. The highest BCUT2D eigenvalue weighted by Crippen LogP contribution is 2.19. The van der Waals surface area contributed by atoms with Gasteiger partial charge in [0, 0.05) is 11.5 Å². The van der Waals surface area contributed by atoms with Gasteiger partial charge in [0.2, 0.25) is 0 Å². The van der Waals surface area contributed by atoms with Crippen LogP contribution < -0.4 is 0 Å². The number of fused-ring (bicyclic) bond motifs is 1. The Morgan fingerprint density at radius 3 is 2.46 bits per heavy atom. The topological polar surface area (TPSA) is 65.5 Å². The highest BCUT2D eigenvalue weighted by atomic mass is 19.1. The Bertz CT molecular complexity index is 983. The van der Waals surface area contributed by atoms with Crippen molar-refractivity contribution in [3.05, 3.63) is 76.7 Å². The van der Waals surface area contributed by atoms with E-state index in [-0.39, 0.29) is 12.4 Å². The van der Waals surface area contributed by atoms with Crippen LogP contribution in [-0.2, 0) is 16.1 Å². The summed E-state index contributed by atoms with van der Waals surface area (Å²) in [5, 5.41) is 0.659. The second-order valence-corrected chi connectivity index (χ2v) is 5.72. The fourth-order valence-corrected chi connectivity index (χ4v) is 2.52. The van der Waals surface area contributed by atoms with Crippen LogP contribution in [-0.4, -0.2) is 24.0 Å². The molecule has 0 radical (unpaired) electrons. The molecule has 0 aliphatic carbocycles. The van der Waals surface area contributed by atoms with Crippen LogP contribution in [0.3, 0.4) is 0 Å². The summed E-state index contributed by atoms with van der Waals surface area (Å²) in [5.41, 5.74) is 2.44. The van der Waals surface area contributed by atoms with E-state index in [2.05, 4.69) is 9.72 Å². The molecule has 3 aromatic rings. The van der Waals surface area contributed by atoms with Crippen molar-refractivity contribution in [1.82, 2.24) is 4.98 Å². The largest absolute Gasteiger partial charge is 0.465 e. The number of methoxy groups -OCH3 is 1. The molecule has 3 rings (SSSR count). The van der Waals surface area contributed by atoms with Crippen molar-refractivity contribution in [2.24, 2.45) is 0 Å². The maximum absolute atomic E-state index is 13.3. The first kappa shape index (κ1) is 17.5. The monoisotopic (exact) mass is 353 g/mol. The second kappa shape index (κ2) is 7.31. The minimum atomic E-state index is -0.515. The molecule has 26 heavy (non-hydrogen) atoms. The van der Waals surface area contributed by atoms with Crippen molar-refractivity contribution in [3.8, 4) is 0 Å². The van der Waals surface area contributed by atoms with Crippen molar-refractivity contribution < 1.29 is 23.5 Å². The van der Waals surface area contributed by atoms with Crippen LogP contribution in [0.1, 0.15) is 32.0 Å². The van der Waals surface area contributed by atoms with E-state index in [0.717, 1.165) is 5.56 Å². The number of halogens is 1. The van der Waals surface area contributed by atoms with Gasteiger partial charge in [-0.3, -0.25) is 4.98 Å². The Morgan fingerprint density at radius 2 is 1.77 bits per heavy atom. The van der Waals surface area contributed by atoms with Crippen LogP contribution in [0, 0.1) is 12.7 Å². The zero-order valence-corrected chi connectivity index (χ0v) is 14.3. The fourth-order valence-electron chi connectivity index (χ4n) is 2.52. The zero-order valence-electron chi connectivity index (χ0n) is 14.3. The van der Waals surface area contributed by atoms with E-state index in [4.69, 9.17) is 4.74 Å². The molecule has 6 heteroatoms. The molecule has 0 amide bonds. The number of rotatable bonds is 4. The summed E-state index contributed by atoms with van der Waals surface area (Å²) in [4.78, 5) is 28.0. The molecular weight excluding hydrogens is 337 g/mol. The van der Waals surface area contributed by atoms with Gasteiger partial charge >= 0.3 is 11.9 Å². The molecule has 0 atom stereocenters. The average molecular weight is 353 g/mol. The summed E-state index contributed by atoms with van der Waals surface area (Å²) in [6, 6.07) is 12.4. The van der Waals surface area contributed by atoms with Crippen molar-refractivity contribution in [3.63, 3.8) is 0 Å². The number of esters is 2. The number of carbonyl (C=O) groups excluding carboxylic acids is 2. The molecule has 132 valence electrons. The van der Waals surface area contributed by atoms with E-state index in [9.17, 15) is 14.0 Å². The van der Waals surface area contributed by atoms with Gasteiger partial charge in [-0.05, 0) is 42.8 Å². The summed E-state index contributed by atoms with van der Waals surface area (Å²) in [6.07, 6.45) is 0. The van der Waals surface area contributed by atoms with Crippen molar-refractivity contribution >= 4 is 22.8 Å². The minimum absolute atomic E-state index is 0.0567. The van der Waals surface area contributed by atoms with Gasteiger partial charge in [0.1, 0.15) is 12.4 Å². The van der Waals surface area contributed by atoms with Crippen LogP contribution in [0.15, 0.2) is 48.5 Å². The quantitative estimate of drug-likeness (QED) is 0.667. The SMILES string of the molecule is COC(=O)c1ccc(COC(=O)c2cc3ccc(F)cc3nc2C)cc1. The highest BCUT2D eigenvalue weighted by molar-refractivity contribution is 5.95. The van der Waals surface area contributed by atoms with Crippen LogP contribution in [0.2, 0.25) is 0 Å². The lowest BCUT2D eigenvalue weighted by atomic mass is 10.1. The Hall–Kier alpha value is -3.28. The van der Waals surface area contributed by atoms with Gasteiger partial charge in [-0.2, -0.15) is 0 Å². The number of ether oxygens (including phenoxy) is 2. The third kappa shape index (κ3) is 3.69. The van der Waals surface area contributed by atoms with Crippen LogP contribution in [0.4, 0.5) is 4.39 Å². The summed E-state index contributed by atoms with van der Waals surface area (Å²) in [5.74, 6) is -1.32. The Kier molecular flexibility index (Phi) is 4.93. The van der Waals surface area contributed by atoms with E-state index in [1.165, 1.54) is 19.2 Å². The van der Waals surface area contributed by atoms with Crippen molar-refractivity contribution in [2.75, 3.05) is 7.11 Å². The second-order valence-electron chi connectivity index (χ2n) is 5.72. The number of benzene rings is 2. The molecule has 0 unspecified atom stereocenters. The summed E-state index contributed by atoms with van der Waals surface area (Å²) >= 11 is 0. The zero-order chi connectivity index (χ0) is 18.7. The summed E-state index contributed by atoms with van der Waals surface area (Å²) < 4.78 is 23.2. The van der Waals surface area contributed by atoms with Crippen LogP contribution in [0.25, 0.3) is 10.9 Å². The standard InChI is InChI=1S/C20H16FNO4/c1-12-17(9-15-7-8-16(21)10-18(15)22-12)20(24)26-11-13-3-5-14(6-4-13)19(23)25-2/h3-10H,11H2,1-2H3. The van der Waals surface area contributed by atoms with Gasteiger partial charge in [0.15, 0.2) is 0 Å². The molecule has 0 bridgehead atoms. The van der Waals surface area contributed by atoms with Gasteiger partial charge in [-0.1, -0.05) is 12.1 Å². The first-order valence-electron chi connectivity index (χ1n) is 7.89. The smallest absolute Gasteiger partial charge is 0.340 e. The molecule has 0 aliphatic rings. The number of hydrogen-bond acceptors (Lipinski definition) is 5. The molecule has 0 spiro atoms. The molecule has 0 saturated heterocycles. The molecule has 1 heterocycles. The van der Waals surface area contributed by atoms with E-state index >= 15 is 0 Å². The molecular formula is C20H16FNO4. The predicted molar refractivity (Wildman–Crippen MR) is 93.3 cm³/mol. The van der Waals surface area contributed by atoms with E-state index in [1.807, 2.05) is 0 Å².